The number of nitrogens with one attached hydrogen (secondary N) is 1. The van der Waals surface area contributed by atoms with E-state index in [0.717, 1.165) is 24.8 Å². The second-order valence-corrected chi connectivity index (χ2v) is 12.1. The number of ether oxygens (including phenoxy) is 2. The summed E-state index contributed by atoms with van der Waals surface area (Å²) in [5.74, 6) is -0.545. The monoisotopic (exact) mass is 616 g/mol. The van der Waals surface area contributed by atoms with E-state index in [4.69, 9.17) is 20.2 Å². The number of methoxy groups -OCH3 is 1. The maximum atomic E-state index is 14.2. The number of aryl methyl sites for hydroxylation is 1. The van der Waals surface area contributed by atoms with Crippen molar-refractivity contribution in [2.45, 2.75) is 56.7 Å². The molecule has 3 heterocycles. The SMILES string of the molecule is COc1ccc2c(OC3CC4C(=O)NC5(C(N)=O)CC5C=CCCCCN(C)C(=O)N4C3)nc(-c3cccc(F)c3)nc2c1C. The number of fused-ring (bicyclic) bond motifs is 3. The fraction of sp³-hybridized carbons (Fsp3) is 0.424. The summed E-state index contributed by atoms with van der Waals surface area (Å²) in [4.78, 5) is 52.5. The highest BCUT2D eigenvalue weighted by atomic mass is 19.1. The average Bonchev–Trinajstić information content (AvgIpc) is 3.56. The molecule has 1 aliphatic carbocycles. The molecular formula is C33H37FN6O5. The Hall–Kier alpha value is -4.74. The predicted molar refractivity (Wildman–Crippen MR) is 165 cm³/mol. The van der Waals surface area contributed by atoms with Crippen LogP contribution in [0.5, 0.6) is 11.6 Å². The second-order valence-electron chi connectivity index (χ2n) is 12.1. The zero-order chi connectivity index (χ0) is 31.9. The van der Waals surface area contributed by atoms with Gasteiger partial charge in [0.25, 0.3) is 0 Å². The Morgan fingerprint density at radius 2 is 2.00 bits per heavy atom. The summed E-state index contributed by atoms with van der Waals surface area (Å²) >= 11 is 0. The number of urea groups is 1. The van der Waals surface area contributed by atoms with Gasteiger partial charge >= 0.3 is 6.03 Å². The molecule has 1 aromatic heterocycles. The Balaban J connectivity index is 1.35. The van der Waals surface area contributed by atoms with Crippen LogP contribution in [0.1, 0.15) is 37.7 Å². The lowest BCUT2D eigenvalue weighted by Crippen LogP contribution is -2.56. The number of benzene rings is 2. The Bertz CT molecular complexity index is 1700. The van der Waals surface area contributed by atoms with Gasteiger partial charge in [-0.05, 0) is 56.9 Å². The molecular weight excluding hydrogens is 579 g/mol. The third-order valence-corrected chi connectivity index (χ3v) is 9.04. The van der Waals surface area contributed by atoms with Crippen molar-refractivity contribution < 1.29 is 28.2 Å². The van der Waals surface area contributed by atoms with Crippen molar-refractivity contribution in [2.24, 2.45) is 11.7 Å². The molecule has 1 saturated carbocycles. The Morgan fingerprint density at radius 1 is 1.18 bits per heavy atom. The fourth-order valence-corrected chi connectivity index (χ4v) is 6.35. The molecule has 0 spiro atoms. The van der Waals surface area contributed by atoms with E-state index in [0.29, 0.717) is 35.2 Å². The van der Waals surface area contributed by atoms with E-state index in [1.54, 1.807) is 43.3 Å². The molecule has 0 bridgehead atoms. The van der Waals surface area contributed by atoms with Crippen molar-refractivity contribution >= 4 is 28.7 Å². The number of halogens is 1. The summed E-state index contributed by atoms with van der Waals surface area (Å²) in [5, 5.41) is 3.50. The van der Waals surface area contributed by atoms with Gasteiger partial charge in [-0.3, -0.25) is 9.59 Å². The zero-order valence-electron chi connectivity index (χ0n) is 25.6. The number of carbonyl (C=O) groups is 3. The van der Waals surface area contributed by atoms with Crippen LogP contribution in [0.25, 0.3) is 22.3 Å². The summed E-state index contributed by atoms with van der Waals surface area (Å²) < 4.78 is 26.2. The van der Waals surface area contributed by atoms with Crippen LogP contribution in [0.3, 0.4) is 0 Å². The number of allylic oxidation sites excluding steroid dienone is 1. The maximum absolute atomic E-state index is 14.2. The van der Waals surface area contributed by atoms with Gasteiger partial charge in [0.05, 0.1) is 24.6 Å². The summed E-state index contributed by atoms with van der Waals surface area (Å²) in [5.41, 5.74) is 6.39. The maximum Gasteiger partial charge on any atom is 0.320 e. The molecule has 3 N–H and O–H groups in total. The predicted octanol–water partition coefficient (Wildman–Crippen LogP) is 3.73. The number of carbonyl (C=O) groups excluding carboxylic acids is 3. The normalized spacial score (nSPS) is 25.3. The first-order valence-corrected chi connectivity index (χ1v) is 15.2. The van der Waals surface area contributed by atoms with Crippen molar-refractivity contribution in [1.29, 1.82) is 0 Å². The lowest BCUT2D eigenvalue weighted by molar-refractivity contribution is -0.130. The molecule has 4 amide bonds. The van der Waals surface area contributed by atoms with Crippen molar-refractivity contribution in [2.75, 3.05) is 27.2 Å². The second kappa shape index (κ2) is 12.0. The first-order valence-electron chi connectivity index (χ1n) is 15.2. The quantitative estimate of drug-likeness (QED) is 0.417. The van der Waals surface area contributed by atoms with Gasteiger partial charge in [-0.25, -0.2) is 14.2 Å². The van der Waals surface area contributed by atoms with Crippen LogP contribution in [-0.2, 0) is 9.59 Å². The highest BCUT2D eigenvalue weighted by Gasteiger charge is 2.60. The first-order chi connectivity index (χ1) is 21.6. The van der Waals surface area contributed by atoms with E-state index < -0.39 is 35.3 Å². The number of amides is 4. The van der Waals surface area contributed by atoms with Gasteiger partial charge in [0.2, 0.25) is 17.7 Å². The molecule has 3 aliphatic rings. The smallest absolute Gasteiger partial charge is 0.320 e. The highest BCUT2D eigenvalue weighted by molar-refractivity contribution is 5.97. The van der Waals surface area contributed by atoms with Crippen molar-refractivity contribution in [1.82, 2.24) is 25.1 Å². The van der Waals surface area contributed by atoms with Gasteiger partial charge in [-0.15, -0.1) is 0 Å². The van der Waals surface area contributed by atoms with Crippen LogP contribution < -0.4 is 20.5 Å². The average molecular weight is 617 g/mol. The number of nitrogens with two attached hydrogens (primary N) is 1. The van der Waals surface area contributed by atoms with E-state index in [9.17, 15) is 18.8 Å². The summed E-state index contributed by atoms with van der Waals surface area (Å²) in [6.07, 6.45) is 6.42. The Morgan fingerprint density at radius 3 is 2.76 bits per heavy atom. The first kappa shape index (κ1) is 30.3. The fourth-order valence-electron chi connectivity index (χ4n) is 6.35. The molecule has 2 fully saturated rings. The van der Waals surface area contributed by atoms with Crippen LogP contribution in [0.15, 0.2) is 48.6 Å². The summed E-state index contributed by atoms with van der Waals surface area (Å²) in [7, 11) is 3.29. The number of aromatic nitrogens is 2. The van der Waals surface area contributed by atoms with Crippen molar-refractivity contribution in [3.05, 3.63) is 59.9 Å². The molecule has 4 unspecified atom stereocenters. The number of hydrogen-bond acceptors (Lipinski definition) is 7. The number of primary amides is 1. The molecule has 4 atom stereocenters. The lowest BCUT2D eigenvalue weighted by Gasteiger charge is -2.30. The third kappa shape index (κ3) is 5.76. The van der Waals surface area contributed by atoms with Crippen molar-refractivity contribution in [3.8, 4) is 23.0 Å². The largest absolute Gasteiger partial charge is 0.496 e. The van der Waals surface area contributed by atoms with E-state index in [1.807, 2.05) is 19.1 Å². The third-order valence-electron chi connectivity index (χ3n) is 9.04. The van der Waals surface area contributed by atoms with Crippen LogP contribution in [0.2, 0.25) is 0 Å². The zero-order valence-corrected chi connectivity index (χ0v) is 25.6. The van der Waals surface area contributed by atoms with Gasteiger partial charge in [0.15, 0.2) is 5.82 Å². The van der Waals surface area contributed by atoms with Crippen molar-refractivity contribution in [3.63, 3.8) is 0 Å². The molecule has 3 aromatic rings. The van der Waals surface area contributed by atoms with Crippen LogP contribution in [-0.4, -0.2) is 82.5 Å². The molecule has 1 saturated heterocycles. The Labute approximate surface area is 260 Å². The molecule has 11 nitrogen and oxygen atoms in total. The van der Waals surface area contributed by atoms with Crippen LogP contribution >= 0.6 is 0 Å². The minimum atomic E-state index is -1.17. The summed E-state index contributed by atoms with van der Waals surface area (Å²) in [6.45, 7) is 2.52. The minimum absolute atomic E-state index is 0.115. The molecule has 6 rings (SSSR count). The molecule has 2 aromatic carbocycles. The standard InChI is InChI=1S/C33H37FN6O5/c1-19-26(44-3)13-12-24-27(19)36-28(20-9-8-11-22(34)15-20)37-30(24)45-23-16-25-29(41)38-33(31(35)42)17-21(33)10-6-4-5-7-14-39(2)32(43)40(25)18-23/h6,8-13,15,21,23,25H,4-5,7,14,16-18H2,1-3H3,(H2,35,42)(H,38,41). The van der Waals surface area contributed by atoms with Gasteiger partial charge < -0.3 is 30.3 Å². The van der Waals surface area contributed by atoms with E-state index >= 15 is 0 Å². The van der Waals surface area contributed by atoms with E-state index in [2.05, 4.69) is 10.3 Å². The molecule has 2 aliphatic heterocycles. The van der Waals surface area contributed by atoms with E-state index in [-0.39, 0.29) is 36.6 Å². The lowest BCUT2D eigenvalue weighted by atomic mass is 10.1. The van der Waals surface area contributed by atoms with Gasteiger partial charge in [-0.2, -0.15) is 4.98 Å². The number of hydrogen-bond donors (Lipinski definition) is 2. The van der Waals surface area contributed by atoms with Gasteiger partial charge in [0, 0.05) is 37.1 Å². The molecule has 236 valence electrons. The highest BCUT2D eigenvalue weighted by Crippen LogP contribution is 2.45. The molecule has 0 radical (unpaired) electrons. The number of nitrogens with zero attached hydrogens (tertiary/aromatic N) is 4. The van der Waals surface area contributed by atoms with Gasteiger partial charge in [0.1, 0.15) is 29.3 Å². The molecule has 12 heteroatoms. The van der Waals surface area contributed by atoms with Gasteiger partial charge in [-0.1, -0.05) is 24.3 Å². The topological polar surface area (TPSA) is 140 Å². The summed E-state index contributed by atoms with van der Waals surface area (Å²) in [6, 6.07) is 8.37. The van der Waals surface area contributed by atoms with Crippen LogP contribution in [0.4, 0.5) is 9.18 Å². The van der Waals surface area contributed by atoms with Crippen LogP contribution in [0, 0.1) is 18.7 Å². The van der Waals surface area contributed by atoms with E-state index in [1.165, 1.54) is 17.0 Å². The molecule has 45 heavy (non-hydrogen) atoms. The Kier molecular flexibility index (Phi) is 8.07. The number of rotatable bonds is 5. The minimum Gasteiger partial charge on any atom is -0.496 e.